The van der Waals surface area contributed by atoms with Gasteiger partial charge in [-0.3, -0.25) is 9.97 Å². The molecule has 0 saturated carbocycles. The van der Waals surface area contributed by atoms with Crippen molar-refractivity contribution in [3.05, 3.63) is 114 Å². The highest BCUT2D eigenvalue weighted by atomic mass is 32.1. The first kappa shape index (κ1) is 19.4. The van der Waals surface area contributed by atoms with E-state index in [1.54, 1.807) is 24.5 Å². The second-order valence-corrected chi connectivity index (χ2v) is 7.78. The number of nitrogens with one attached hydrogen (secondary N) is 1. The molecule has 0 unspecified atom stereocenters. The topological polar surface area (TPSA) is 46.0 Å². The maximum atomic E-state index is 13.5. The minimum Gasteiger partial charge on any atom is -0.352 e. The summed E-state index contributed by atoms with van der Waals surface area (Å²) in [7, 11) is 0. The Balaban J connectivity index is 1.60. The quantitative estimate of drug-likeness (QED) is 0.471. The highest BCUT2D eigenvalue weighted by Gasteiger charge is 2.41. The van der Waals surface area contributed by atoms with Crippen molar-refractivity contribution >= 4 is 17.3 Å². The van der Waals surface area contributed by atoms with Gasteiger partial charge in [0.2, 0.25) is 0 Å². The van der Waals surface area contributed by atoms with Gasteiger partial charge < -0.3 is 14.8 Å². The molecule has 1 aliphatic heterocycles. The van der Waals surface area contributed by atoms with E-state index in [1.165, 1.54) is 12.1 Å². The number of benzene rings is 1. The van der Waals surface area contributed by atoms with Crippen LogP contribution in [-0.2, 0) is 6.54 Å². The van der Waals surface area contributed by atoms with E-state index in [-0.39, 0.29) is 17.9 Å². The number of pyridine rings is 2. The summed E-state index contributed by atoms with van der Waals surface area (Å²) in [6.07, 6.45) is 7.40. The Morgan fingerprint density at radius 3 is 2.58 bits per heavy atom. The van der Waals surface area contributed by atoms with Crippen LogP contribution in [0.15, 0.2) is 91.5 Å². The van der Waals surface area contributed by atoms with E-state index in [0.29, 0.717) is 11.7 Å². The van der Waals surface area contributed by atoms with Crippen LogP contribution in [0.4, 0.5) is 4.39 Å². The zero-order chi connectivity index (χ0) is 21.2. The fourth-order valence-electron chi connectivity index (χ4n) is 4.06. The fourth-order valence-corrected chi connectivity index (χ4v) is 4.36. The lowest BCUT2D eigenvalue weighted by Crippen LogP contribution is -2.30. The Bertz CT molecular complexity index is 1180. The number of thiocarbonyl (C=S) groups is 1. The van der Waals surface area contributed by atoms with Crippen molar-refractivity contribution in [3.63, 3.8) is 0 Å². The monoisotopic (exact) mass is 429 g/mol. The summed E-state index contributed by atoms with van der Waals surface area (Å²) in [6.45, 7) is 0.613. The smallest absolute Gasteiger partial charge is 0.170 e. The molecule has 4 aromatic rings. The lowest BCUT2D eigenvalue weighted by atomic mass is 10.0. The van der Waals surface area contributed by atoms with Gasteiger partial charge >= 0.3 is 0 Å². The van der Waals surface area contributed by atoms with Gasteiger partial charge in [-0.15, -0.1) is 0 Å². The predicted molar refractivity (Wildman–Crippen MR) is 121 cm³/mol. The molecule has 0 amide bonds. The van der Waals surface area contributed by atoms with Crippen LogP contribution in [0.5, 0.6) is 0 Å². The van der Waals surface area contributed by atoms with Gasteiger partial charge in [-0.2, -0.15) is 0 Å². The maximum absolute atomic E-state index is 13.5. The summed E-state index contributed by atoms with van der Waals surface area (Å²) in [4.78, 5) is 11.0. The number of hydrogen-bond donors (Lipinski definition) is 1. The summed E-state index contributed by atoms with van der Waals surface area (Å²) < 4.78 is 15.6. The minimum absolute atomic E-state index is 0.109. The molecular formula is C24H20FN5S. The predicted octanol–water partition coefficient (Wildman–Crippen LogP) is 4.58. The molecule has 154 valence electrons. The van der Waals surface area contributed by atoms with E-state index in [1.807, 2.05) is 48.8 Å². The molecule has 1 aliphatic rings. The summed E-state index contributed by atoms with van der Waals surface area (Å²) in [5.74, 6) is -0.259. The lowest BCUT2D eigenvalue weighted by Gasteiger charge is -2.29. The van der Waals surface area contributed by atoms with E-state index in [9.17, 15) is 4.39 Å². The summed E-state index contributed by atoms with van der Waals surface area (Å²) in [5, 5.41) is 4.13. The van der Waals surface area contributed by atoms with Crippen molar-refractivity contribution in [2.75, 3.05) is 0 Å². The van der Waals surface area contributed by atoms with Crippen LogP contribution >= 0.6 is 12.2 Å². The van der Waals surface area contributed by atoms with Gasteiger partial charge in [0.05, 0.1) is 17.8 Å². The molecule has 1 saturated heterocycles. The van der Waals surface area contributed by atoms with Crippen molar-refractivity contribution in [2.45, 2.75) is 18.6 Å². The van der Waals surface area contributed by atoms with Gasteiger partial charge in [0.1, 0.15) is 5.82 Å². The van der Waals surface area contributed by atoms with Gasteiger partial charge in [-0.25, -0.2) is 4.39 Å². The average Bonchev–Trinajstić information content (AvgIpc) is 3.40. The van der Waals surface area contributed by atoms with Gasteiger partial charge in [0.15, 0.2) is 5.11 Å². The van der Waals surface area contributed by atoms with E-state index in [0.717, 1.165) is 22.6 Å². The van der Waals surface area contributed by atoms with Crippen molar-refractivity contribution < 1.29 is 4.39 Å². The third kappa shape index (κ3) is 3.80. The Kier molecular flexibility index (Phi) is 5.18. The number of hydrogen-bond acceptors (Lipinski definition) is 3. The molecule has 1 aromatic carbocycles. The average molecular weight is 430 g/mol. The minimum atomic E-state index is -0.259. The molecule has 4 heterocycles. The first-order chi connectivity index (χ1) is 15.2. The van der Waals surface area contributed by atoms with Crippen molar-refractivity contribution in [1.29, 1.82) is 0 Å². The standard InChI is InChI=1S/C24H20FN5S/c25-18-8-10-19(11-9-18)29-14-4-7-21(29)23-22(20-6-1-2-13-27-20)28-24(31)30(23)16-17-5-3-12-26-15-17/h1-15,22-23H,16H2,(H,28,31)/t22-,23-/m0/s1. The molecule has 31 heavy (non-hydrogen) atoms. The van der Waals surface area contributed by atoms with Gasteiger partial charge in [-0.1, -0.05) is 12.1 Å². The van der Waals surface area contributed by atoms with Gasteiger partial charge in [-0.05, 0) is 72.4 Å². The van der Waals surface area contributed by atoms with E-state index in [2.05, 4.69) is 30.8 Å². The van der Waals surface area contributed by atoms with Crippen LogP contribution in [-0.4, -0.2) is 24.5 Å². The molecule has 3 aromatic heterocycles. The molecule has 0 bridgehead atoms. The third-order valence-electron chi connectivity index (χ3n) is 5.46. The first-order valence-corrected chi connectivity index (χ1v) is 10.4. The number of nitrogens with zero attached hydrogens (tertiary/aromatic N) is 4. The number of rotatable bonds is 5. The third-order valence-corrected chi connectivity index (χ3v) is 5.81. The lowest BCUT2D eigenvalue weighted by molar-refractivity contribution is 0.302. The molecule has 5 rings (SSSR count). The molecule has 2 atom stereocenters. The van der Waals surface area contributed by atoms with E-state index >= 15 is 0 Å². The first-order valence-electron chi connectivity index (χ1n) is 10.0. The zero-order valence-electron chi connectivity index (χ0n) is 16.6. The zero-order valence-corrected chi connectivity index (χ0v) is 17.4. The van der Waals surface area contributed by atoms with Crippen LogP contribution in [0.3, 0.4) is 0 Å². The molecule has 1 N–H and O–H groups in total. The van der Waals surface area contributed by atoms with Crippen molar-refractivity contribution in [3.8, 4) is 5.69 Å². The Morgan fingerprint density at radius 1 is 0.968 bits per heavy atom. The largest absolute Gasteiger partial charge is 0.352 e. The summed E-state index contributed by atoms with van der Waals surface area (Å²) in [6, 6.07) is 20.2. The van der Waals surface area contributed by atoms with Crippen LogP contribution in [0.25, 0.3) is 5.69 Å². The summed E-state index contributed by atoms with van der Waals surface area (Å²) >= 11 is 5.75. The van der Waals surface area contributed by atoms with Crippen LogP contribution < -0.4 is 5.32 Å². The maximum Gasteiger partial charge on any atom is 0.170 e. The Hall–Kier alpha value is -3.58. The number of aromatic nitrogens is 3. The molecule has 0 aliphatic carbocycles. The van der Waals surface area contributed by atoms with Crippen molar-refractivity contribution in [1.82, 2.24) is 24.8 Å². The second-order valence-electron chi connectivity index (χ2n) is 7.40. The second kappa shape index (κ2) is 8.28. The molecule has 0 spiro atoms. The highest BCUT2D eigenvalue weighted by Crippen LogP contribution is 2.40. The van der Waals surface area contributed by atoms with E-state index in [4.69, 9.17) is 12.2 Å². The van der Waals surface area contributed by atoms with Crippen molar-refractivity contribution in [2.24, 2.45) is 0 Å². The molecule has 7 heteroatoms. The summed E-state index contributed by atoms with van der Waals surface area (Å²) in [5.41, 5.74) is 3.91. The molecule has 5 nitrogen and oxygen atoms in total. The van der Waals surface area contributed by atoms with Crippen LogP contribution in [0.2, 0.25) is 0 Å². The SMILES string of the molecule is Fc1ccc(-n2cccc2[C@H]2[C@H](c3ccccn3)NC(=S)N2Cc2cccnc2)cc1. The van der Waals surface area contributed by atoms with Crippen LogP contribution in [0.1, 0.15) is 29.0 Å². The normalized spacial score (nSPS) is 18.2. The Morgan fingerprint density at radius 2 is 1.84 bits per heavy atom. The molecular weight excluding hydrogens is 409 g/mol. The fraction of sp³-hybridized carbons (Fsp3) is 0.125. The molecule has 1 fully saturated rings. The Labute approximate surface area is 185 Å². The van der Waals surface area contributed by atoms with Gasteiger partial charge in [0, 0.05) is 42.7 Å². The van der Waals surface area contributed by atoms with Crippen LogP contribution in [0, 0.1) is 5.82 Å². The highest BCUT2D eigenvalue weighted by molar-refractivity contribution is 7.80. The molecule has 0 radical (unpaired) electrons. The van der Waals surface area contributed by atoms with Gasteiger partial charge in [0.25, 0.3) is 0 Å². The van der Waals surface area contributed by atoms with E-state index < -0.39 is 0 Å². The number of halogens is 1.